The van der Waals surface area contributed by atoms with Crippen LogP contribution in [0.15, 0.2) is 47.4 Å². The van der Waals surface area contributed by atoms with Gasteiger partial charge in [-0.25, -0.2) is 12.8 Å². The molecule has 0 atom stereocenters. The summed E-state index contributed by atoms with van der Waals surface area (Å²) in [4.78, 5) is 12.7. The van der Waals surface area contributed by atoms with Crippen molar-refractivity contribution < 1.29 is 31.8 Å². The highest BCUT2D eigenvalue weighted by Crippen LogP contribution is 2.25. The molecule has 0 saturated carbocycles. The zero-order chi connectivity index (χ0) is 22.3. The van der Waals surface area contributed by atoms with Crippen LogP contribution in [0.4, 0.5) is 4.39 Å². The number of halogens is 1. The number of benzene rings is 2. The Kier molecular flexibility index (Phi) is 7.83. The lowest BCUT2D eigenvalue weighted by molar-refractivity contribution is 0.0730. The lowest BCUT2D eigenvalue weighted by atomic mass is 10.2. The zero-order valence-corrected chi connectivity index (χ0v) is 18.0. The molecule has 0 aliphatic carbocycles. The number of nitrogens with one attached hydrogen (secondary N) is 1. The first kappa shape index (κ1) is 23.0. The number of ether oxygens (including phenoxy) is 3. The van der Waals surface area contributed by atoms with Crippen LogP contribution in [-0.4, -0.2) is 65.2 Å². The molecule has 1 amide bonds. The number of carbonyl (C=O) groups excluding carboxylic acids is 1. The SMILES string of the molecule is COc1ccc(S(=O)(=O)N2CCOCC2)cc1C(=O)NCCCOc1ccc(F)cc1. The second-order valence-electron chi connectivity index (χ2n) is 6.79. The van der Waals surface area contributed by atoms with Crippen molar-refractivity contribution >= 4 is 15.9 Å². The van der Waals surface area contributed by atoms with Gasteiger partial charge in [-0.05, 0) is 48.9 Å². The van der Waals surface area contributed by atoms with Gasteiger partial charge in [-0.1, -0.05) is 0 Å². The number of methoxy groups -OCH3 is 1. The van der Waals surface area contributed by atoms with Crippen LogP contribution < -0.4 is 14.8 Å². The van der Waals surface area contributed by atoms with Crippen molar-refractivity contribution in [2.45, 2.75) is 11.3 Å². The van der Waals surface area contributed by atoms with Crippen molar-refractivity contribution in [1.82, 2.24) is 9.62 Å². The number of rotatable bonds is 9. The van der Waals surface area contributed by atoms with Crippen LogP contribution in [0.1, 0.15) is 16.8 Å². The van der Waals surface area contributed by atoms with Crippen LogP contribution in [0.25, 0.3) is 0 Å². The molecule has 1 aliphatic heterocycles. The summed E-state index contributed by atoms with van der Waals surface area (Å²) < 4.78 is 55.9. The molecule has 0 bridgehead atoms. The molecule has 168 valence electrons. The normalized spacial score (nSPS) is 14.8. The Morgan fingerprint density at radius 3 is 2.55 bits per heavy atom. The van der Waals surface area contributed by atoms with Gasteiger partial charge in [0, 0.05) is 19.6 Å². The molecule has 2 aromatic rings. The summed E-state index contributed by atoms with van der Waals surface area (Å²) in [6, 6.07) is 9.89. The minimum absolute atomic E-state index is 0.0278. The summed E-state index contributed by atoms with van der Waals surface area (Å²) in [6.07, 6.45) is 0.511. The average molecular weight is 453 g/mol. The van der Waals surface area contributed by atoms with Crippen LogP contribution in [-0.2, 0) is 14.8 Å². The van der Waals surface area contributed by atoms with Gasteiger partial charge in [-0.15, -0.1) is 0 Å². The van der Waals surface area contributed by atoms with E-state index in [0.29, 0.717) is 38.5 Å². The molecule has 1 heterocycles. The van der Waals surface area contributed by atoms with Gasteiger partial charge in [-0.2, -0.15) is 4.31 Å². The summed E-state index contributed by atoms with van der Waals surface area (Å²) in [5.41, 5.74) is 0.135. The highest BCUT2D eigenvalue weighted by Gasteiger charge is 2.28. The topological polar surface area (TPSA) is 94.2 Å². The van der Waals surface area contributed by atoms with Gasteiger partial charge < -0.3 is 19.5 Å². The van der Waals surface area contributed by atoms with E-state index in [1.54, 1.807) is 0 Å². The Morgan fingerprint density at radius 1 is 1.16 bits per heavy atom. The molecule has 0 aromatic heterocycles. The number of sulfonamides is 1. The van der Waals surface area contributed by atoms with E-state index in [1.807, 2.05) is 0 Å². The van der Waals surface area contributed by atoms with Crippen molar-refractivity contribution in [3.63, 3.8) is 0 Å². The van der Waals surface area contributed by atoms with Gasteiger partial charge >= 0.3 is 0 Å². The van der Waals surface area contributed by atoms with Crippen LogP contribution >= 0.6 is 0 Å². The molecule has 31 heavy (non-hydrogen) atoms. The van der Waals surface area contributed by atoms with E-state index in [4.69, 9.17) is 14.2 Å². The Hall–Kier alpha value is -2.69. The monoisotopic (exact) mass is 452 g/mol. The second-order valence-corrected chi connectivity index (χ2v) is 8.73. The van der Waals surface area contributed by atoms with Crippen LogP contribution in [0.3, 0.4) is 0 Å². The molecular formula is C21H25FN2O6S. The highest BCUT2D eigenvalue weighted by atomic mass is 32.2. The molecule has 0 radical (unpaired) electrons. The second kappa shape index (κ2) is 10.6. The summed E-state index contributed by atoms with van der Waals surface area (Å²) in [7, 11) is -2.32. The fraction of sp³-hybridized carbons (Fsp3) is 0.381. The lowest BCUT2D eigenvalue weighted by Gasteiger charge is -2.26. The maximum Gasteiger partial charge on any atom is 0.255 e. The molecule has 8 nitrogen and oxygen atoms in total. The lowest BCUT2D eigenvalue weighted by Crippen LogP contribution is -2.40. The minimum atomic E-state index is -3.73. The third-order valence-corrected chi connectivity index (χ3v) is 6.61. The van der Waals surface area contributed by atoms with Gasteiger partial charge in [0.05, 0.1) is 37.4 Å². The van der Waals surface area contributed by atoms with E-state index in [1.165, 1.54) is 53.9 Å². The van der Waals surface area contributed by atoms with Gasteiger partial charge in [0.15, 0.2) is 0 Å². The van der Waals surface area contributed by atoms with E-state index in [2.05, 4.69) is 5.32 Å². The Bertz CT molecular complexity index is 991. The molecular weight excluding hydrogens is 427 g/mol. The molecule has 1 saturated heterocycles. The van der Waals surface area contributed by atoms with Gasteiger partial charge in [0.25, 0.3) is 5.91 Å². The van der Waals surface area contributed by atoms with Crippen molar-refractivity contribution in [2.75, 3.05) is 46.6 Å². The summed E-state index contributed by atoms with van der Waals surface area (Å²) in [6.45, 7) is 1.84. The van der Waals surface area contributed by atoms with Crippen LogP contribution in [0.5, 0.6) is 11.5 Å². The molecule has 3 rings (SSSR count). The number of hydrogen-bond donors (Lipinski definition) is 1. The van der Waals surface area contributed by atoms with Gasteiger partial charge in [0.2, 0.25) is 10.0 Å². The number of nitrogens with zero attached hydrogens (tertiary/aromatic N) is 1. The fourth-order valence-electron chi connectivity index (χ4n) is 3.05. The standard InChI is InChI=1S/C21H25FN2O6S/c1-28-20-8-7-18(31(26,27)24-10-13-29-14-11-24)15-19(20)21(25)23-9-2-12-30-17-5-3-16(22)4-6-17/h3-8,15H,2,9-14H2,1H3,(H,23,25). The van der Waals surface area contributed by atoms with E-state index in [-0.39, 0.29) is 35.1 Å². The Balaban J connectivity index is 1.60. The van der Waals surface area contributed by atoms with Crippen LogP contribution in [0, 0.1) is 5.82 Å². The summed E-state index contributed by atoms with van der Waals surface area (Å²) in [5.74, 6) is 0.0282. The molecule has 2 aromatic carbocycles. The van der Waals surface area contributed by atoms with Gasteiger partial charge in [-0.3, -0.25) is 4.79 Å². The van der Waals surface area contributed by atoms with E-state index < -0.39 is 15.9 Å². The first-order chi connectivity index (χ1) is 14.9. The number of amides is 1. The number of carbonyl (C=O) groups is 1. The zero-order valence-electron chi connectivity index (χ0n) is 17.2. The number of hydrogen-bond acceptors (Lipinski definition) is 6. The first-order valence-corrected chi connectivity index (χ1v) is 11.3. The van der Waals surface area contributed by atoms with E-state index >= 15 is 0 Å². The van der Waals surface area contributed by atoms with Crippen LogP contribution in [0.2, 0.25) is 0 Å². The van der Waals surface area contributed by atoms with Crippen molar-refractivity contribution in [3.8, 4) is 11.5 Å². The predicted molar refractivity (Wildman–Crippen MR) is 111 cm³/mol. The fourth-order valence-corrected chi connectivity index (χ4v) is 4.49. The predicted octanol–water partition coefficient (Wildman–Crippen LogP) is 2.05. The molecule has 0 unspecified atom stereocenters. The van der Waals surface area contributed by atoms with Crippen molar-refractivity contribution in [3.05, 3.63) is 53.8 Å². The third kappa shape index (κ3) is 5.93. The maximum absolute atomic E-state index is 12.9. The summed E-state index contributed by atoms with van der Waals surface area (Å²) in [5, 5.41) is 2.74. The smallest absolute Gasteiger partial charge is 0.255 e. The Morgan fingerprint density at radius 2 is 1.87 bits per heavy atom. The van der Waals surface area contributed by atoms with E-state index in [0.717, 1.165) is 0 Å². The Labute approximate surface area is 181 Å². The molecule has 1 aliphatic rings. The van der Waals surface area contributed by atoms with Gasteiger partial charge in [0.1, 0.15) is 17.3 Å². The maximum atomic E-state index is 12.9. The average Bonchev–Trinajstić information content (AvgIpc) is 2.80. The molecule has 10 heteroatoms. The molecule has 1 fully saturated rings. The minimum Gasteiger partial charge on any atom is -0.496 e. The first-order valence-electron chi connectivity index (χ1n) is 9.84. The van der Waals surface area contributed by atoms with Crippen molar-refractivity contribution in [2.24, 2.45) is 0 Å². The third-order valence-electron chi connectivity index (χ3n) is 4.71. The number of morpholine rings is 1. The highest BCUT2D eigenvalue weighted by molar-refractivity contribution is 7.89. The van der Waals surface area contributed by atoms with E-state index in [9.17, 15) is 17.6 Å². The molecule has 0 spiro atoms. The van der Waals surface area contributed by atoms with Crippen molar-refractivity contribution in [1.29, 1.82) is 0 Å². The quantitative estimate of drug-likeness (QED) is 0.586. The largest absolute Gasteiger partial charge is 0.496 e. The summed E-state index contributed by atoms with van der Waals surface area (Å²) >= 11 is 0. The molecule has 1 N–H and O–H groups in total.